The van der Waals surface area contributed by atoms with E-state index in [1.54, 1.807) is 6.92 Å². The fourth-order valence-corrected chi connectivity index (χ4v) is 3.21. The molecule has 2 unspecified atom stereocenters. The van der Waals surface area contributed by atoms with E-state index in [0.29, 0.717) is 26.0 Å². The van der Waals surface area contributed by atoms with Gasteiger partial charge < -0.3 is 14.7 Å². The summed E-state index contributed by atoms with van der Waals surface area (Å²) in [6.45, 7) is 2.66. The molecule has 0 radical (unpaired) electrons. The SMILES string of the molecule is CC1(C(=O)N2Cc3ccccc3CC2C(=O)O)CCCO1. The van der Waals surface area contributed by atoms with Crippen LogP contribution in [0, 0.1) is 0 Å². The smallest absolute Gasteiger partial charge is 0.326 e. The molecule has 0 aromatic heterocycles. The highest BCUT2D eigenvalue weighted by atomic mass is 16.5. The van der Waals surface area contributed by atoms with Gasteiger partial charge >= 0.3 is 5.97 Å². The number of amides is 1. The van der Waals surface area contributed by atoms with Gasteiger partial charge in [0.15, 0.2) is 0 Å². The molecule has 0 aliphatic carbocycles. The zero-order valence-electron chi connectivity index (χ0n) is 12.0. The summed E-state index contributed by atoms with van der Waals surface area (Å²) in [6.07, 6.45) is 1.84. The van der Waals surface area contributed by atoms with Gasteiger partial charge in [0.2, 0.25) is 0 Å². The lowest BCUT2D eigenvalue weighted by Crippen LogP contribution is -2.55. The molecule has 0 bridgehead atoms. The maximum Gasteiger partial charge on any atom is 0.326 e. The number of carbonyl (C=O) groups is 2. The second-order valence-corrected chi connectivity index (χ2v) is 5.94. The summed E-state index contributed by atoms with van der Waals surface area (Å²) in [5.41, 5.74) is 1.15. The predicted octanol–water partition coefficient (Wildman–Crippen LogP) is 1.59. The second-order valence-electron chi connectivity index (χ2n) is 5.94. The molecule has 1 N–H and O–H groups in total. The Balaban J connectivity index is 1.92. The van der Waals surface area contributed by atoms with Crippen molar-refractivity contribution < 1.29 is 19.4 Å². The molecule has 0 saturated carbocycles. The number of ether oxygens (including phenoxy) is 1. The Labute approximate surface area is 123 Å². The van der Waals surface area contributed by atoms with Crippen LogP contribution in [0.5, 0.6) is 0 Å². The third kappa shape index (κ3) is 2.42. The zero-order chi connectivity index (χ0) is 15.0. The van der Waals surface area contributed by atoms with Gasteiger partial charge in [-0.1, -0.05) is 24.3 Å². The monoisotopic (exact) mass is 289 g/mol. The highest BCUT2D eigenvalue weighted by Crippen LogP contribution is 2.31. The molecule has 1 fully saturated rings. The third-order valence-corrected chi connectivity index (χ3v) is 4.47. The van der Waals surface area contributed by atoms with E-state index in [1.165, 1.54) is 4.90 Å². The van der Waals surface area contributed by atoms with E-state index in [-0.39, 0.29) is 5.91 Å². The fraction of sp³-hybridized carbons (Fsp3) is 0.500. The average Bonchev–Trinajstić information content (AvgIpc) is 2.93. The number of rotatable bonds is 2. The Morgan fingerprint density at radius 2 is 2.05 bits per heavy atom. The first-order valence-electron chi connectivity index (χ1n) is 7.26. The van der Waals surface area contributed by atoms with Crippen molar-refractivity contribution in [3.63, 3.8) is 0 Å². The number of hydrogen-bond acceptors (Lipinski definition) is 3. The van der Waals surface area contributed by atoms with Gasteiger partial charge in [-0.15, -0.1) is 0 Å². The molecule has 21 heavy (non-hydrogen) atoms. The van der Waals surface area contributed by atoms with Crippen molar-refractivity contribution in [3.8, 4) is 0 Å². The number of benzene rings is 1. The molecule has 112 valence electrons. The van der Waals surface area contributed by atoms with E-state index in [1.807, 2.05) is 24.3 Å². The number of nitrogens with zero attached hydrogens (tertiary/aromatic N) is 1. The minimum atomic E-state index is -0.959. The third-order valence-electron chi connectivity index (χ3n) is 4.47. The molecule has 2 atom stereocenters. The lowest BCUT2D eigenvalue weighted by Gasteiger charge is -2.38. The average molecular weight is 289 g/mol. The molecule has 2 aliphatic rings. The first-order valence-corrected chi connectivity index (χ1v) is 7.26. The van der Waals surface area contributed by atoms with Crippen LogP contribution in [-0.2, 0) is 27.3 Å². The van der Waals surface area contributed by atoms with Crippen molar-refractivity contribution in [2.24, 2.45) is 0 Å². The highest BCUT2D eigenvalue weighted by molar-refractivity contribution is 5.90. The van der Waals surface area contributed by atoms with Crippen molar-refractivity contribution in [1.82, 2.24) is 4.90 Å². The Morgan fingerprint density at radius 3 is 2.67 bits per heavy atom. The number of carboxylic acids is 1. The van der Waals surface area contributed by atoms with Crippen molar-refractivity contribution >= 4 is 11.9 Å². The van der Waals surface area contributed by atoms with Crippen LogP contribution in [0.2, 0.25) is 0 Å². The van der Waals surface area contributed by atoms with Crippen LogP contribution < -0.4 is 0 Å². The van der Waals surface area contributed by atoms with Gasteiger partial charge in [-0.05, 0) is 30.9 Å². The van der Waals surface area contributed by atoms with E-state index in [0.717, 1.165) is 17.5 Å². The van der Waals surface area contributed by atoms with Gasteiger partial charge in [-0.2, -0.15) is 0 Å². The second kappa shape index (κ2) is 5.15. The van der Waals surface area contributed by atoms with Crippen molar-refractivity contribution in [2.45, 2.75) is 44.4 Å². The molecule has 3 rings (SSSR count). The standard InChI is InChI=1S/C16H19NO4/c1-16(7-4-8-21-16)15(20)17-10-12-6-3-2-5-11(12)9-13(17)14(18)19/h2-3,5-6,13H,4,7-10H2,1H3,(H,18,19). The van der Waals surface area contributed by atoms with Gasteiger partial charge in [0.1, 0.15) is 11.6 Å². The van der Waals surface area contributed by atoms with E-state index < -0.39 is 17.6 Å². The van der Waals surface area contributed by atoms with Crippen LogP contribution in [0.1, 0.15) is 30.9 Å². The van der Waals surface area contributed by atoms with E-state index in [9.17, 15) is 14.7 Å². The molecule has 2 aliphatic heterocycles. The van der Waals surface area contributed by atoms with Gasteiger partial charge in [0, 0.05) is 19.6 Å². The van der Waals surface area contributed by atoms with Crippen LogP contribution in [0.4, 0.5) is 0 Å². The van der Waals surface area contributed by atoms with Gasteiger partial charge in [0.05, 0.1) is 0 Å². The molecule has 1 aromatic rings. The number of hydrogen-bond donors (Lipinski definition) is 1. The first kappa shape index (κ1) is 14.1. The molecular formula is C16H19NO4. The van der Waals surface area contributed by atoms with Crippen LogP contribution in [-0.4, -0.2) is 40.1 Å². The predicted molar refractivity (Wildman–Crippen MR) is 75.7 cm³/mol. The molecular weight excluding hydrogens is 270 g/mol. The molecule has 1 saturated heterocycles. The van der Waals surface area contributed by atoms with Gasteiger partial charge in [-0.3, -0.25) is 4.79 Å². The van der Waals surface area contributed by atoms with Gasteiger partial charge in [-0.25, -0.2) is 4.79 Å². The van der Waals surface area contributed by atoms with Crippen LogP contribution in [0.3, 0.4) is 0 Å². The molecule has 0 spiro atoms. The Morgan fingerprint density at radius 1 is 1.33 bits per heavy atom. The van der Waals surface area contributed by atoms with E-state index in [4.69, 9.17) is 4.74 Å². The Bertz CT molecular complexity index is 577. The molecule has 1 amide bonds. The summed E-state index contributed by atoms with van der Waals surface area (Å²) in [6, 6.07) is 6.88. The number of aliphatic carboxylic acids is 1. The topological polar surface area (TPSA) is 66.8 Å². The van der Waals surface area contributed by atoms with Crippen molar-refractivity contribution in [1.29, 1.82) is 0 Å². The summed E-state index contributed by atoms with van der Waals surface area (Å²) < 4.78 is 5.59. The molecule has 5 heteroatoms. The Hall–Kier alpha value is -1.88. The minimum absolute atomic E-state index is 0.207. The largest absolute Gasteiger partial charge is 0.480 e. The molecule has 5 nitrogen and oxygen atoms in total. The van der Waals surface area contributed by atoms with Gasteiger partial charge in [0.25, 0.3) is 5.91 Å². The number of fused-ring (bicyclic) bond motifs is 1. The summed E-state index contributed by atoms with van der Waals surface area (Å²) in [5, 5.41) is 9.48. The Kier molecular flexibility index (Phi) is 3.45. The molecule has 1 aromatic carbocycles. The fourth-order valence-electron chi connectivity index (χ4n) is 3.21. The van der Waals surface area contributed by atoms with E-state index >= 15 is 0 Å². The number of carboxylic acid groups (broad SMARTS) is 1. The maximum atomic E-state index is 12.8. The summed E-state index contributed by atoms with van der Waals surface area (Å²) in [7, 11) is 0. The molecule has 2 heterocycles. The van der Waals surface area contributed by atoms with E-state index in [2.05, 4.69) is 0 Å². The van der Waals surface area contributed by atoms with Crippen LogP contribution in [0.15, 0.2) is 24.3 Å². The number of carbonyl (C=O) groups excluding carboxylic acids is 1. The summed E-state index contributed by atoms with van der Waals surface area (Å²) in [5.74, 6) is -1.17. The maximum absolute atomic E-state index is 12.8. The highest BCUT2D eigenvalue weighted by Gasteiger charge is 2.45. The lowest BCUT2D eigenvalue weighted by molar-refractivity contribution is -0.162. The lowest BCUT2D eigenvalue weighted by atomic mass is 9.91. The van der Waals surface area contributed by atoms with Crippen molar-refractivity contribution in [3.05, 3.63) is 35.4 Å². The van der Waals surface area contributed by atoms with Crippen LogP contribution in [0.25, 0.3) is 0 Å². The van der Waals surface area contributed by atoms with Crippen molar-refractivity contribution in [2.75, 3.05) is 6.61 Å². The first-order chi connectivity index (χ1) is 10.0. The minimum Gasteiger partial charge on any atom is -0.480 e. The summed E-state index contributed by atoms with van der Waals surface area (Å²) >= 11 is 0. The summed E-state index contributed by atoms with van der Waals surface area (Å²) in [4.78, 5) is 25.8. The normalized spacial score (nSPS) is 28.2. The zero-order valence-corrected chi connectivity index (χ0v) is 12.0. The van der Waals surface area contributed by atoms with Crippen LogP contribution >= 0.6 is 0 Å². The quantitative estimate of drug-likeness (QED) is 0.898.